The molecule has 14 heavy (non-hydrogen) atoms. The molecule has 3 N–H and O–H groups in total. The summed E-state index contributed by atoms with van der Waals surface area (Å²) in [6.07, 6.45) is 0. The van der Waals surface area contributed by atoms with Gasteiger partial charge in [0.2, 0.25) is 5.91 Å². The molecule has 0 heterocycles. The van der Waals surface area contributed by atoms with Gasteiger partial charge in [0.1, 0.15) is 0 Å². The van der Waals surface area contributed by atoms with Gasteiger partial charge in [0.05, 0.1) is 18.2 Å². The van der Waals surface area contributed by atoms with Gasteiger partial charge in [0.25, 0.3) is 0 Å². The van der Waals surface area contributed by atoms with Crippen molar-refractivity contribution in [3.63, 3.8) is 0 Å². The minimum Gasteiger partial charge on any atom is -0.353 e. The number of rotatable bonds is 5. The highest BCUT2D eigenvalue weighted by atomic mass is 16.2. The van der Waals surface area contributed by atoms with Crippen LogP contribution in [0.1, 0.15) is 13.8 Å². The Morgan fingerprint density at radius 3 is 2.64 bits per heavy atom. The third-order valence-corrected chi connectivity index (χ3v) is 1.70. The molecule has 0 fully saturated rings. The zero-order valence-electron chi connectivity index (χ0n) is 9.00. The second-order valence-corrected chi connectivity index (χ2v) is 3.87. The van der Waals surface area contributed by atoms with Crippen LogP contribution in [0.25, 0.3) is 0 Å². The molecule has 0 aromatic rings. The summed E-state index contributed by atoms with van der Waals surface area (Å²) >= 11 is 0. The highest BCUT2D eigenvalue weighted by Gasteiger charge is 2.20. The Kier molecular flexibility index (Phi) is 5.13. The van der Waals surface area contributed by atoms with Crippen molar-refractivity contribution in [1.82, 2.24) is 10.2 Å². The van der Waals surface area contributed by atoms with Gasteiger partial charge < -0.3 is 11.1 Å². The molecular weight excluding hydrogens is 180 g/mol. The first-order valence-electron chi connectivity index (χ1n) is 4.50. The van der Waals surface area contributed by atoms with E-state index in [0.29, 0.717) is 19.6 Å². The van der Waals surface area contributed by atoms with Crippen LogP contribution in [0.2, 0.25) is 0 Å². The van der Waals surface area contributed by atoms with Crippen molar-refractivity contribution < 1.29 is 4.79 Å². The summed E-state index contributed by atoms with van der Waals surface area (Å²) in [7, 11) is 1.82. The van der Waals surface area contributed by atoms with E-state index in [-0.39, 0.29) is 5.91 Å². The van der Waals surface area contributed by atoms with Crippen molar-refractivity contribution in [1.29, 1.82) is 5.26 Å². The van der Waals surface area contributed by atoms with Crippen LogP contribution in [0.4, 0.5) is 0 Å². The maximum atomic E-state index is 11.3. The van der Waals surface area contributed by atoms with Crippen LogP contribution in [0, 0.1) is 11.3 Å². The first-order chi connectivity index (χ1) is 6.38. The molecule has 0 atom stereocenters. The number of hydrogen-bond acceptors (Lipinski definition) is 4. The summed E-state index contributed by atoms with van der Waals surface area (Å²) in [4.78, 5) is 13.1. The van der Waals surface area contributed by atoms with E-state index < -0.39 is 5.54 Å². The minimum atomic E-state index is -0.839. The van der Waals surface area contributed by atoms with Crippen molar-refractivity contribution in [3.8, 4) is 6.07 Å². The molecule has 0 bridgehead atoms. The van der Waals surface area contributed by atoms with Crippen LogP contribution in [0.15, 0.2) is 0 Å². The number of nitrogens with one attached hydrogen (secondary N) is 1. The van der Waals surface area contributed by atoms with Crippen molar-refractivity contribution in [2.24, 2.45) is 5.73 Å². The van der Waals surface area contributed by atoms with Gasteiger partial charge in [-0.3, -0.25) is 9.69 Å². The first-order valence-corrected chi connectivity index (χ1v) is 4.50. The summed E-state index contributed by atoms with van der Waals surface area (Å²) in [5.74, 6) is -0.178. The molecular formula is C9H18N4O. The fourth-order valence-electron chi connectivity index (χ4n) is 0.788. The Hall–Kier alpha value is -1.12. The maximum Gasteiger partial charge on any atom is 0.239 e. The van der Waals surface area contributed by atoms with Gasteiger partial charge in [-0.15, -0.1) is 0 Å². The largest absolute Gasteiger partial charge is 0.353 e. The number of nitrogens with zero attached hydrogens (tertiary/aromatic N) is 2. The van der Waals surface area contributed by atoms with Crippen molar-refractivity contribution in [2.45, 2.75) is 19.4 Å². The zero-order chi connectivity index (χ0) is 11.2. The number of nitriles is 1. The van der Waals surface area contributed by atoms with Crippen molar-refractivity contribution in [3.05, 3.63) is 0 Å². The van der Waals surface area contributed by atoms with E-state index in [1.165, 1.54) is 0 Å². The summed E-state index contributed by atoms with van der Waals surface area (Å²) in [6, 6.07) is 2.02. The summed E-state index contributed by atoms with van der Waals surface area (Å²) in [6.45, 7) is 4.83. The maximum absolute atomic E-state index is 11.3. The summed E-state index contributed by atoms with van der Waals surface area (Å²) in [5, 5.41) is 11.1. The Labute approximate surface area is 84.9 Å². The number of hydrogen-bond donors (Lipinski definition) is 2. The molecule has 0 aliphatic rings. The minimum absolute atomic E-state index is 0.178. The third kappa shape index (κ3) is 5.51. The molecule has 0 radical (unpaired) electrons. The number of carbonyl (C=O) groups is 1. The van der Waals surface area contributed by atoms with E-state index in [2.05, 4.69) is 5.32 Å². The van der Waals surface area contributed by atoms with E-state index in [0.717, 1.165) is 0 Å². The fraction of sp³-hybridized carbons (Fsp3) is 0.778. The summed E-state index contributed by atoms with van der Waals surface area (Å²) < 4.78 is 0. The van der Waals surface area contributed by atoms with Gasteiger partial charge in [0.15, 0.2) is 0 Å². The monoisotopic (exact) mass is 198 g/mol. The topological polar surface area (TPSA) is 82.2 Å². The molecule has 0 aromatic heterocycles. The fourth-order valence-corrected chi connectivity index (χ4v) is 0.788. The standard InChI is InChI=1S/C9H18N4O/c1-9(2,11)8(14)12-5-7-13(3)6-4-10/h5-7,11H2,1-3H3,(H,12,14). The third-order valence-electron chi connectivity index (χ3n) is 1.70. The Balaban J connectivity index is 3.66. The predicted molar refractivity (Wildman–Crippen MR) is 54.4 cm³/mol. The van der Waals surface area contributed by atoms with Crippen LogP contribution in [-0.4, -0.2) is 43.0 Å². The van der Waals surface area contributed by atoms with Gasteiger partial charge in [0, 0.05) is 13.1 Å². The second kappa shape index (κ2) is 5.58. The SMILES string of the molecule is CN(CC#N)CCNC(=O)C(C)(C)N. The molecule has 5 nitrogen and oxygen atoms in total. The lowest BCUT2D eigenvalue weighted by Gasteiger charge is -2.19. The Bertz CT molecular complexity index is 226. The normalized spacial score (nSPS) is 11.1. The lowest BCUT2D eigenvalue weighted by Crippen LogP contribution is -2.50. The van der Waals surface area contributed by atoms with Crippen LogP contribution >= 0.6 is 0 Å². The number of likely N-dealkylation sites (N-methyl/N-ethyl adjacent to an activating group) is 1. The van der Waals surface area contributed by atoms with Crippen molar-refractivity contribution >= 4 is 5.91 Å². The quantitative estimate of drug-likeness (QED) is 0.572. The number of nitrogens with two attached hydrogens (primary N) is 1. The Morgan fingerprint density at radius 1 is 1.64 bits per heavy atom. The van der Waals surface area contributed by atoms with Gasteiger partial charge in [-0.25, -0.2) is 0 Å². The van der Waals surface area contributed by atoms with Gasteiger partial charge in [-0.1, -0.05) is 0 Å². The van der Waals surface area contributed by atoms with Gasteiger partial charge in [-0.05, 0) is 20.9 Å². The highest BCUT2D eigenvalue weighted by molar-refractivity contribution is 5.84. The molecule has 0 spiro atoms. The van der Waals surface area contributed by atoms with Crippen molar-refractivity contribution in [2.75, 3.05) is 26.7 Å². The number of amides is 1. The van der Waals surface area contributed by atoms with Crippen LogP contribution in [0.3, 0.4) is 0 Å². The molecule has 80 valence electrons. The van der Waals surface area contributed by atoms with Gasteiger partial charge in [-0.2, -0.15) is 5.26 Å². The number of carbonyl (C=O) groups excluding carboxylic acids is 1. The molecule has 5 heteroatoms. The molecule has 0 saturated heterocycles. The lowest BCUT2D eigenvalue weighted by molar-refractivity contribution is -0.125. The smallest absolute Gasteiger partial charge is 0.239 e. The van der Waals surface area contributed by atoms with E-state index in [1.54, 1.807) is 13.8 Å². The highest BCUT2D eigenvalue weighted by Crippen LogP contribution is 1.94. The van der Waals surface area contributed by atoms with E-state index >= 15 is 0 Å². The van der Waals surface area contributed by atoms with Crippen LogP contribution in [0.5, 0.6) is 0 Å². The molecule has 0 saturated carbocycles. The lowest BCUT2D eigenvalue weighted by atomic mass is 10.1. The van der Waals surface area contributed by atoms with Crippen LogP contribution < -0.4 is 11.1 Å². The molecule has 0 aliphatic carbocycles. The molecule has 1 amide bonds. The first kappa shape index (κ1) is 12.9. The predicted octanol–water partition coefficient (Wildman–Crippen LogP) is -0.705. The van der Waals surface area contributed by atoms with Gasteiger partial charge >= 0.3 is 0 Å². The molecule has 0 rings (SSSR count). The van der Waals surface area contributed by atoms with E-state index in [4.69, 9.17) is 11.0 Å². The molecule has 0 aliphatic heterocycles. The second-order valence-electron chi connectivity index (χ2n) is 3.87. The zero-order valence-corrected chi connectivity index (χ0v) is 9.00. The molecule has 0 aromatic carbocycles. The van der Waals surface area contributed by atoms with E-state index in [9.17, 15) is 4.79 Å². The average molecular weight is 198 g/mol. The summed E-state index contributed by atoms with van der Waals surface area (Å²) in [5.41, 5.74) is 4.74. The average Bonchev–Trinajstić information content (AvgIpc) is 2.02. The molecule has 0 unspecified atom stereocenters. The van der Waals surface area contributed by atoms with E-state index in [1.807, 2.05) is 18.0 Å². The Morgan fingerprint density at radius 2 is 2.21 bits per heavy atom. The van der Waals surface area contributed by atoms with Crippen LogP contribution in [-0.2, 0) is 4.79 Å².